The quantitative estimate of drug-likeness (QED) is 0.562. The Morgan fingerprint density at radius 3 is 2.71 bits per heavy atom. The predicted molar refractivity (Wildman–Crippen MR) is 108 cm³/mol. The van der Waals surface area contributed by atoms with Gasteiger partial charge in [-0.2, -0.15) is 10.2 Å². The molecule has 0 aliphatic heterocycles. The summed E-state index contributed by atoms with van der Waals surface area (Å²) >= 11 is 0. The highest BCUT2D eigenvalue weighted by Crippen LogP contribution is 2.16. The monoisotopic (exact) mass is 374 g/mol. The molecule has 3 heterocycles. The molecule has 28 heavy (non-hydrogen) atoms. The molecule has 1 aromatic carbocycles. The number of pyridine rings is 1. The Hall–Kier alpha value is -3.48. The second-order valence-corrected chi connectivity index (χ2v) is 6.95. The minimum absolute atomic E-state index is 0.137. The maximum absolute atomic E-state index is 12.4. The molecular weight excluding hydrogens is 352 g/mol. The van der Waals surface area contributed by atoms with E-state index in [0.717, 1.165) is 22.3 Å². The van der Waals surface area contributed by atoms with Crippen LogP contribution in [-0.4, -0.2) is 37.0 Å². The SMILES string of the molecule is CC(C)n1ncc2cc(C(=O)NCCc3cnn(-c4ccccc4)c3)cnc21. The molecule has 0 unspecified atom stereocenters. The third-order valence-corrected chi connectivity index (χ3v) is 4.54. The van der Waals surface area contributed by atoms with Gasteiger partial charge < -0.3 is 5.32 Å². The van der Waals surface area contributed by atoms with E-state index in [9.17, 15) is 4.79 Å². The summed E-state index contributed by atoms with van der Waals surface area (Å²) < 4.78 is 3.68. The number of hydrogen-bond acceptors (Lipinski definition) is 4. The van der Waals surface area contributed by atoms with Crippen LogP contribution in [-0.2, 0) is 6.42 Å². The smallest absolute Gasteiger partial charge is 0.252 e. The molecule has 7 nitrogen and oxygen atoms in total. The van der Waals surface area contributed by atoms with E-state index >= 15 is 0 Å². The van der Waals surface area contributed by atoms with Gasteiger partial charge >= 0.3 is 0 Å². The molecule has 0 aliphatic rings. The van der Waals surface area contributed by atoms with Crippen molar-refractivity contribution in [2.45, 2.75) is 26.3 Å². The summed E-state index contributed by atoms with van der Waals surface area (Å²) in [4.78, 5) is 16.9. The van der Waals surface area contributed by atoms with Gasteiger partial charge in [0.05, 0.1) is 23.6 Å². The normalized spacial score (nSPS) is 11.2. The van der Waals surface area contributed by atoms with E-state index in [1.807, 2.05) is 58.2 Å². The zero-order chi connectivity index (χ0) is 19.5. The molecule has 0 fully saturated rings. The molecule has 142 valence electrons. The van der Waals surface area contributed by atoms with Crippen LogP contribution < -0.4 is 5.32 Å². The highest BCUT2D eigenvalue weighted by molar-refractivity contribution is 5.96. The van der Waals surface area contributed by atoms with Gasteiger partial charge in [0.2, 0.25) is 0 Å². The topological polar surface area (TPSA) is 77.6 Å². The van der Waals surface area contributed by atoms with Crippen LogP contribution in [0.15, 0.2) is 61.2 Å². The fraction of sp³-hybridized carbons (Fsp3) is 0.238. The molecule has 1 N–H and O–H groups in total. The number of hydrogen-bond donors (Lipinski definition) is 1. The summed E-state index contributed by atoms with van der Waals surface area (Å²) in [5.74, 6) is -0.137. The third kappa shape index (κ3) is 3.64. The van der Waals surface area contributed by atoms with Crippen molar-refractivity contribution in [2.24, 2.45) is 0 Å². The predicted octanol–water partition coefficient (Wildman–Crippen LogP) is 3.17. The first-order valence-corrected chi connectivity index (χ1v) is 9.32. The highest BCUT2D eigenvalue weighted by atomic mass is 16.1. The zero-order valence-corrected chi connectivity index (χ0v) is 15.9. The van der Waals surface area contributed by atoms with Crippen molar-refractivity contribution in [3.63, 3.8) is 0 Å². The third-order valence-electron chi connectivity index (χ3n) is 4.54. The van der Waals surface area contributed by atoms with Gasteiger partial charge in [-0.3, -0.25) is 4.79 Å². The first kappa shape index (κ1) is 17.9. The molecule has 0 aliphatic carbocycles. The molecule has 7 heteroatoms. The molecule has 0 saturated carbocycles. The standard InChI is InChI=1S/C21H22N6O/c1-15(2)27-20-17(13-25-27)10-18(12-23-20)21(28)22-9-8-16-11-24-26(14-16)19-6-4-3-5-7-19/h3-7,10-15H,8-9H2,1-2H3,(H,22,28). The van der Waals surface area contributed by atoms with E-state index in [2.05, 4.69) is 34.3 Å². The van der Waals surface area contributed by atoms with Gasteiger partial charge in [0.1, 0.15) is 0 Å². The largest absolute Gasteiger partial charge is 0.352 e. The molecule has 0 atom stereocenters. The molecule has 0 radical (unpaired) electrons. The first-order chi connectivity index (χ1) is 13.6. The Labute approximate surface area is 163 Å². The molecule has 4 rings (SSSR count). The number of fused-ring (bicyclic) bond motifs is 1. The second-order valence-electron chi connectivity index (χ2n) is 6.95. The summed E-state index contributed by atoms with van der Waals surface area (Å²) in [6, 6.07) is 12.0. The number of rotatable bonds is 6. The van der Waals surface area contributed by atoms with E-state index in [1.54, 1.807) is 12.4 Å². The lowest BCUT2D eigenvalue weighted by Gasteiger charge is -2.07. The van der Waals surface area contributed by atoms with Crippen LogP contribution in [0.4, 0.5) is 0 Å². The van der Waals surface area contributed by atoms with E-state index in [-0.39, 0.29) is 11.9 Å². The van der Waals surface area contributed by atoms with Crippen molar-refractivity contribution in [1.29, 1.82) is 0 Å². The minimum Gasteiger partial charge on any atom is -0.352 e. The van der Waals surface area contributed by atoms with Gasteiger partial charge in [-0.15, -0.1) is 0 Å². The molecule has 0 bridgehead atoms. The lowest BCUT2D eigenvalue weighted by atomic mass is 10.2. The van der Waals surface area contributed by atoms with Crippen LogP contribution in [0.1, 0.15) is 35.8 Å². The van der Waals surface area contributed by atoms with Gasteiger partial charge in [0, 0.05) is 30.4 Å². The molecular formula is C21H22N6O. The van der Waals surface area contributed by atoms with Crippen molar-refractivity contribution in [2.75, 3.05) is 6.54 Å². The van der Waals surface area contributed by atoms with Crippen LogP contribution in [0.5, 0.6) is 0 Å². The van der Waals surface area contributed by atoms with Crippen LogP contribution in [0.2, 0.25) is 0 Å². The summed E-state index contributed by atoms with van der Waals surface area (Å²) in [7, 11) is 0. The zero-order valence-electron chi connectivity index (χ0n) is 15.9. The van der Waals surface area contributed by atoms with Gasteiger partial charge in [0.15, 0.2) is 5.65 Å². The summed E-state index contributed by atoms with van der Waals surface area (Å²) in [6.45, 7) is 4.63. The van der Waals surface area contributed by atoms with Crippen LogP contribution in [0.25, 0.3) is 16.7 Å². The average molecular weight is 374 g/mol. The number of para-hydroxylation sites is 1. The molecule has 1 amide bonds. The number of amides is 1. The lowest BCUT2D eigenvalue weighted by molar-refractivity contribution is 0.0954. The average Bonchev–Trinajstić information content (AvgIpc) is 3.35. The van der Waals surface area contributed by atoms with Crippen molar-refractivity contribution in [3.05, 3.63) is 72.3 Å². The summed E-state index contributed by atoms with van der Waals surface area (Å²) in [6.07, 6.45) is 7.87. The van der Waals surface area contributed by atoms with Crippen molar-refractivity contribution < 1.29 is 4.79 Å². The van der Waals surface area contributed by atoms with Crippen LogP contribution in [0.3, 0.4) is 0 Å². The first-order valence-electron chi connectivity index (χ1n) is 9.32. The Morgan fingerprint density at radius 1 is 1.11 bits per heavy atom. The number of nitrogens with one attached hydrogen (secondary N) is 1. The number of carbonyl (C=O) groups excluding carboxylic acids is 1. The van der Waals surface area contributed by atoms with Gasteiger partial charge in [-0.25, -0.2) is 14.3 Å². The summed E-state index contributed by atoms with van der Waals surface area (Å²) in [5, 5.41) is 12.5. The molecule has 0 saturated heterocycles. The lowest BCUT2D eigenvalue weighted by Crippen LogP contribution is -2.25. The van der Waals surface area contributed by atoms with Crippen LogP contribution >= 0.6 is 0 Å². The second kappa shape index (κ2) is 7.64. The van der Waals surface area contributed by atoms with E-state index in [4.69, 9.17) is 0 Å². The maximum atomic E-state index is 12.4. The van der Waals surface area contributed by atoms with E-state index in [1.165, 1.54) is 0 Å². The Kier molecular flexibility index (Phi) is 4.89. The van der Waals surface area contributed by atoms with E-state index in [0.29, 0.717) is 18.5 Å². The fourth-order valence-corrected chi connectivity index (χ4v) is 3.08. The van der Waals surface area contributed by atoms with Gasteiger partial charge in [0.25, 0.3) is 5.91 Å². The molecule has 4 aromatic rings. The summed E-state index contributed by atoms with van der Waals surface area (Å²) in [5.41, 5.74) is 3.41. The van der Waals surface area contributed by atoms with E-state index < -0.39 is 0 Å². The number of nitrogens with zero attached hydrogens (tertiary/aromatic N) is 5. The molecule has 3 aromatic heterocycles. The highest BCUT2D eigenvalue weighted by Gasteiger charge is 2.11. The van der Waals surface area contributed by atoms with Crippen LogP contribution in [0, 0.1) is 0 Å². The Bertz CT molecular complexity index is 1100. The van der Waals surface area contributed by atoms with Crippen molar-refractivity contribution in [1.82, 2.24) is 29.9 Å². The Balaban J connectivity index is 1.37. The number of aromatic nitrogens is 5. The number of benzene rings is 1. The van der Waals surface area contributed by atoms with Gasteiger partial charge in [-0.1, -0.05) is 18.2 Å². The van der Waals surface area contributed by atoms with Crippen molar-refractivity contribution >= 4 is 16.9 Å². The fourth-order valence-electron chi connectivity index (χ4n) is 3.08. The van der Waals surface area contributed by atoms with Gasteiger partial charge in [-0.05, 0) is 44.0 Å². The Morgan fingerprint density at radius 2 is 1.93 bits per heavy atom. The molecule has 0 spiro atoms. The maximum Gasteiger partial charge on any atom is 0.252 e. The van der Waals surface area contributed by atoms with Crippen molar-refractivity contribution in [3.8, 4) is 5.69 Å². The number of carbonyl (C=O) groups is 1. The minimum atomic E-state index is -0.137.